The highest BCUT2D eigenvalue weighted by Crippen LogP contribution is 2.34. The molecule has 2 rings (SSSR count). The smallest absolute Gasteiger partial charge is 0.376 e. The lowest BCUT2D eigenvalue weighted by Gasteiger charge is -2.14. The molecule has 0 aliphatic rings. The van der Waals surface area contributed by atoms with Crippen LogP contribution >= 0.6 is 0 Å². The molecule has 0 bridgehead atoms. The Balaban J connectivity index is 1.89. The van der Waals surface area contributed by atoms with E-state index in [0.717, 1.165) is 6.07 Å². The predicted octanol–water partition coefficient (Wildman–Crippen LogP) is 2.83. The minimum absolute atomic E-state index is 0.122. The number of pyridine rings is 1. The molecule has 0 saturated heterocycles. The zero-order valence-electron chi connectivity index (χ0n) is 11.5. The molecule has 116 valence electrons. The molecular weight excluding hydrogens is 295 g/mol. The van der Waals surface area contributed by atoms with E-state index in [9.17, 15) is 18.0 Å². The number of hydrogen-bond acceptors (Lipinski definition) is 3. The summed E-state index contributed by atoms with van der Waals surface area (Å²) in [5, 5.41) is 5.09. The molecule has 2 aromatic rings. The number of anilines is 1. The Labute approximate surface area is 125 Å². The highest BCUT2D eigenvalue weighted by Gasteiger charge is 2.33. The molecule has 0 unspecified atom stereocenters. The first-order valence-electron chi connectivity index (χ1n) is 6.53. The fourth-order valence-electron chi connectivity index (χ4n) is 1.81. The summed E-state index contributed by atoms with van der Waals surface area (Å²) in [6.07, 6.45) is -2.87. The minimum atomic E-state index is -4.46. The summed E-state index contributed by atoms with van der Waals surface area (Å²) in [4.78, 5) is 15.7. The molecule has 2 N–H and O–H groups in total. The van der Waals surface area contributed by atoms with Crippen molar-refractivity contribution in [1.82, 2.24) is 10.3 Å². The van der Waals surface area contributed by atoms with Crippen molar-refractivity contribution in [3.8, 4) is 0 Å². The van der Waals surface area contributed by atoms with Crippen LogP contribution in [0.4, 0.5) is 18.9 Å². The molecule has 7 heteroatoms. The van der Waals surface area contributed by atoms with Gasteiger partial charge in [0.1, 0.15) is 0 Å². The number of halogens is 3. The maximum absolute atomic E-state index is 12.8. The molecule has 0 aliphatic carbocycles. The van der Waals surface area contributed by atoms with Crippen LogP contribution < -0.4 is 10.6 Å². The minimum Gasteiger partial charge on any atom is -0.376 e. The van der Waals surface area contributed by atoms with Gasteiger partial charge >= 0.3 is 6.18 Å². The SMILES string of the molecule is O=C(CNc1ccccc1C(F)(F)F)NCc1ccccn1. The quantitative estimate of drug-likeness (QED) is 0.893. The zero-order chi connectivity index (χ0) is 16.0. The van der Waals surface area contributed by atoms with Crippen LogP contribution in [0, 0.1) is 0 Å². The van der Waals surface area contributed by atoms with Gasteiger partial charge in [0.15, 0.2) is 0 Å². The first-order valence-corrected chi connectivity index (χ1v) is 6.53. The van der Waals surface area contributed by atoms with E-state index in [1.54, 1.807) is 24.4 Å². The lowest BCUT2D eigenvalue weighted by atomic mass is 10.1. The summed E-state index contributed by atoms with van der Waals surface area (Å²) >= 11 is 0. The Hall–Kier alpha value is -2.57. The van der Waals surface area contributed by atoms with Crippen molar-refractivity contribution in [2.75, 3.05) is 11.9 Å². The van der Waals surface area contributed by atoms with Crippen LogP contribution in [0.2, 0.25) is 0 Å². The summed E-state index contributed by atoms with van der Waals surface area (Å²) in [5.41, 5.74) is -0.248. The second kappa shape index (κ2) is 6.93. The average Bonchev–Trinajstić information content (AvgIpc) is 2.51. The number of rotatable bonds is 5. The van der Waals surface area contributed by atoms with Gasteiger partial charge in [0.25, 0.3) is 0 Å². The predicted molar refractivity (Wildman–Crippen MR) is 76.0 cm³/mol. The van der Waals surface area contributed by atoms with Gasteiger partial charge in [0.05, 0.1) is 24.3 Å². The number of nitrogens with one attached hydrogen (secondary N) is 2. The van der Waals surface area contributed by atoms with E-state index >= 15 is 0 Å². The maximum atomic E-state index is 12.8. The molecular formula is C15H14F3N3O. The molecule has 1 heterocycles. The van der Waals surface area contributed by atoms with Gasteiger partial charge in [-0.15, -0.1) is 0 Å². The molecule has 0 saturated carbocycles. The first-order chi connectivity index (χ1) is 10.5. The number of alkyl halides is 3. The van der Waals surface area contributed by atoms with Crippen molar-refractivity contribution < 1.29 is 18.0 Å². The third kappa shape index (κ3) is 4.47. The second-order valence-electron chi connectivity index (χ2n) is 4.49. The van der Waals surface area contributed by atoms with Gasteiger partial charge in [-0.25, -0.2) is 0 Å². The van der Waals surface area contributed by atoms with Crippen molar-refractivity contribution in [3.63, 3.8) is 0 Å². The van der Waals surface area contributed by atoms with Crippen molar-refractivity contribution in [2.45, 2.75) is 12.7 Å². The van der Waals surface area contributed by atoms with Gasteiger partial charge in [-0.3, -0.25) is 9.78 Å². The maximum Gasteiger partial charge on any atom is 0.418 e. The third-order valence-electron chi connectivity index (χ3n) is 2.86. The Morgan fingerprint density at radius 2 is 1.82 bits per heavy atom. The van der Waals surface area contributed by atoms with Crippen molar-refractivity contribution in [1.29, 1.82) is 0 Å². The highest BCUT2D eigenvalue weighted by atomic mass is 19.4. The van der Waals surface area contributed by atoms with Crippen LogP contribution in [0.1, 0.15) is 11.3 Å². The summed E-state index contributed by atoms with van der Waals surface area (Å²) in [6, 6.07) is 10.3. The number of para-hydroxylation sites is 1. The normalized spacial score (nSPS) is 11.0. The third-order valence-corrected chi connectivity index (χ3v) is 2.86. The number of hydrogen-bond donors (Lipinski definition) is 2. The van der Waals surface area contributed by atoms with E-state index in [1.165, 1.54) is 18.2 Å². The van der Waals surface area contributed by atoms with E-state index in [-0.39, 0.29) is 18.8 Å². The number of aromatic nitrogens is 1. The van der Waals surface area contributed by atoms with E-state index in [0.29, 0.717) is 5.69 Å². The molecule has 1 aromatic heterocycles. The number of carbonyl (C=O) groups excluding carboxylic acids is 1. The van der Waals surface area contributed by atoms with Crippen LogP contribution in [0.5, 0.6) is 0 Å². The van der Waals surface area contributed by atoms with E-state index in [4.69, 9.17) is 0 Å². The number of amides is 1. The highest BCUT2D eigenvalue weighted by molar-refractivity contribution is 5.80. The average molecular weight is 309 g/mol. The first kappa shape index (κ1) is 15.8. The fraction of sp³-hybridized carbons (Fsp3) is 0.200. The van der Waals surface area contributed by atoms with Crippen LogP contribution in [0.15, 0.2) is 48.7 Å². The second-order valence-corrected chi connectivity index (χ2v) is 4.49. The Morgan fingerprint density at radius 1 is 1.09 bits per heavy atom. The standard InChI is InChI=1S/C15H14F3N3O/c16-15(17,18)12-6-1-2-7-13(12)20-10-14(22)21-9-11-5-3-4-8-19-11/h1-8,20H,9-10H2,(H,21,22). The number of benzene rings is 1. The van der Waals surface area contributed by atoms with E-state index in [2.05, 4.69) is 15.6 Å². The molecule has 1 aromatic carbocycles. The molecule has 0 aliphatic heterocycles. The molecule has 0 fully saturated rings. The summed E-state index contributed by atoms with van der Waals surface area (Å²) in [6.45, 7) is -0.0256. The molecule has 4 nitrogen and oxygen atoms in total. The molecule has 1 amide bonds. The lowest BCUT2D eigenvalue weighted by molar-refractivity contribution is -0.137. The zero-order valence-corrected chi connectivity index (χ0v) is 11.5. The van der Waals surface area contributed by atoms with Crippen molar-refractivity contribution in [3.05, 3.63) is 59.9 Å². The molecule has 0 atom stereocenters. The van der Waals surface area contributed by atoms with E-state index in [1.807, 2.05) is 0 Å². The van der Waals surface area contributed by atoms with Crippen LogP contribution in [-0.2, 0) is 17.5 Å². The largest absolute Gasteiger partial charge is 0.418 e. The van der Waals surface area contributed by atoms with Crippen molar-refractivity contribution >= 4 is 11.6 Å². The number of carbonyl (C=O) groups is 1. The monoisotopic (exact) mass is 309 g/mol. The van der Waals surface area contributed by atoms with Gasteiger partial charge in [0.2, 0.25) is 5.91 Å². The van der Waals surface area contributed by atoms with Crippen LogP contribution in [0.3, 0.4) is 0 Å². The Morgan fingerprint density at radius 3 is 2.50 bits per heavy atom. The van der Waals surface area contributed by atoms with Crippen LogP contribution in [-0.4, -0.2) is 17.4 Å². The molecule has 0 radical (unpaired) electrons. The summed E-state index contributed by atoms with van der Waals surface area (Å²) < 4.78 is 38.4. The topological polar surface area (TPSA) is 54.0 Å². The Bertz CT molecular complexity index is 629. The van der Waals surface area contributed by atoms with Gasteiger partial charge in [-0.2, -0.15) is 13.2 Å². The van der Waals surface area contributed by atoms with Gasteiger partial charge in [0, 0.05) is 11.9 Å². The van der Waals surface area contributed by atoms with E-state index < -0.39 is 17.6 Å². The molecule has 0 spiro atoms. The summed E-state index contributed by atoms with van der Waals surface area (Å²) in [7, 11) is 0. The fourth-order valence-corrected chi connectivity index (χ4v) is 1.81. The number of nitrogens with zero attached hydrogens (tertiary/aromatic N) is 1. The van der Waals surface area contributed by atoms with Gasteiger partial charge in [-0.1, -0.05) is 18.2 Å². The Kier molecular flexibility index (Phi) is 4.98. The summed E-state index contributed by atoms with van der Waals surface area (Å²) in [5.74, 6) is -0.414. The van der Waals surface area contributed by atoms with Crippen molar-refractivity contribution in [2.24, 2.45) is 0 Å². The molecule has 22 heavy (non-hydrogen) atoms. The van der Waals surface area contributed by atoms with Gasteiger partial charge in [-0.05, 0) is 24.3 Å². The van der Waals surface area contributed by atoms with Gasteiger partial charge < -0.3 is 10.6 Å². The lowest BCUT2D eigenvalue weighted by Crippen LogP contribution is -2.30. The van der Waals surface area contributed by atoms with Crippen LogP contribution in [0.25, 0.3) is 0 Å².